The van der Waals surface area contributed by atoms with E-state index in [9.17, 15) is 14.4 Å². The molecule has 2 aromatic rings. The molecule has 28 heavy (non-hydrogen) atoms. The van der Waals surface area contributed by atoms with E-state index in [0.717, 1.165) is 11.3 Å². The summed E-state index contributed by atoms with van der Waals surface area (Å²) in [4.78, 5) is 41.9. The molecule has 7 heteroatoms. The lowest BCUT2D eigenvalue weighted by Gasteiger charge is -2.40. The van der Waals surface area contributed by atoms with Crippen molar-refractivity contribution in [2.24, 2.45) is 5.92 Å². The number of rotatable bonds is 4. The monoisotopic (exact) mass is 380 g/mol. The van der Waals surface area contributed by atoms with Gasteiger partial charge in [0.15, 0.2) is 0 Å². The molecule has 4 amide bonds. The second-order valence-electron chi connectivity index (χ2n) is 7.45. The fourth-order valence-electron chi connectivity index (χ4n) is 4.38. The molecular formula is C21H24N4O3. The van der Waals surface area contributed by atoms with Gasteiger partial charge in [-0.15, -0.1) is 0 Å². The molecule has 1 aromatic heterocycles. The van der Waals surface area contributed by atoms with Crippen LogP contribution in [-0.4, -0.2) is 46.4 Å². The minimum absolute atomic E-state index is 0.0246. The van der Waals surface area contributed by atoms with E-state index in [4.69, 9.17) is 0 Å². The standard InChI is InChI=1S/C21H24N4O3/c1-2-21(19(27)23-20(28)24-21)15-10-12-25(13-11-15)18(26)17-9-8-16(22-17)14-6-4-3-5-7-14/h3-9,15,22H,2,10-13H2,1H3,(H2,23,24,27,28). The molecule has 146 valence electrons. The van der Waals surface area contributed by atoms with Crippen molar-refractivity contribution in [3.05, 3.63) is 48.2 Å². The van der Waals surface area contributed by atoms with Gasteiger partial charge in [-0.25, -0.2) is 4.79 Å². The fourth-order valence-corrected chi connectivity index (χ4v) is 4.38. The maximum absolute atomic E-state index is 12.9. The summed E-state index contributed by atoms with van der Waals surface area (Å²) in [6.07, 6.45) is 1.90. The van der Waals surface area contributed by atoms with Crippen molar-refractivity contribution >= 4 is 17.8 Å². The fraction of sp³-hybridized carbons (Fsp3) is 0.381. The van der Waals surface area contributed by atoms with Crippen molar-refractivity contribution in [3.8, 4) is 11.3 Å². The third-order valence-corrected chi connectivity index (χ3v) is 6.01. The molecule has 2 aliphatic heterocycles. The summed E-state index contributed by atoms with van der Waals surface area (Å²) in [5.74, 6) is -0.260. The third-order valence-electron chi connectivity index (χ3n) is 6.01. The van der Waals surface area contributed by atoms with Crippen molar-refractivity contribution < 1.29 is 14.4 Å². The zero-order valence-corrected chi connectivity index (χ0v) is 15.8. The Bertz CT molecular complexity index is 899. The minimum atomic E-state index is -0.848. The number of hydrogen-bond donors (Lipinski definition) is 3. The van der Waals surface area contributed by atoms with Gasteiger partial charge in [-0.2, -0.15) is 0 Å². The van der Waals surface area contributed by atoms with Gasteiger partial charge in [-0.1, -0.05) is 37.3 Å². The predicted octanol–water partition coefficient (Wildman–Crippen LogP) is 2.52. The molecule has 0 aliphatic carbocycles. The molecule has 0 bridgehead atoms. The lowest BCUT2D eigenvalue weighted by molar-refractivity contribution is -0.126. The van der Waals surface area contributed by atoms with Crippen LogP contribution in [0, 0.1) is 5.92 Å². The lowest BCUT2D eigenvalue weighted by atomic mass is 9.76. The zero-order valence-electron chi connectivity index (χ0n) is 15.8. The Balaban J connectivity index is 1.43. The lowest BCUT2D eigenvalue weighted by Crippen LogP contribution is -2.56. The first kappa shape index (κ1) is 18.3. The van der Waals surface area contributed by atoms with Crippen LogP contribution in [0.4, 0.5) is 4.79 Å². The predicted molar refractivity (Wildman–Crippen MR) is 105 cm³/mol. The molecule has 4 rings (SSSR count). The number of amides is 4. The van der Waals surface area contributed by atoms with Crippen LogP contribution in [0.5, 0.6) is 0 Å². The van der Waals surface area contributed by atoms with Crippen LogP contribution < -0.4 is 10.6 Å². The van der Waals surface area contributed by atoms with Gasteiger partial charge in [0.2, 0.25) is 0 Å². The summed E-state index contributed by atoms with van der Waals surface area (Å²) in [5.41, 5.74) is 1.66. The van der Waals surface area contributed by atoms with Crippen molar-refractivity contribution in [2.75, 3.05) is 13.1 Å². The van der Waals surface area contributed by atoms with Crippen LogP contribution in [-0.2, 0) is 4.79 Å². The number of nitrogens with zero attached hydrogens (tertiary/aromatic N) is 1. The third kappa shape index (κ3) is 3.06. The summed E-state index contributed by atoms with van der Waals surface area (Å²) in [6.45, 7) is 3.04. The molecule has 2 fully saturated rings. The van der Waals surface area contributed by atoms with E-state index in [-0.39, 0.29) is 17.7 Å². The summed E-state index contributed by atoms with van der Waals surface area (Å²) in [7, 11) is 0. The number of carbonyl (C=O) groups is 3. The first-order valence-electron chi connectivity index (χ1n) is 9.71. The molecule has 2 saturated heterocycles. The summed E-state index contributed by atoms with van der Waals surface area (Å²) >= 11 is 0. The smallest absolute Gasteiger partial charge is 0.322 e. The number of carbonyl (C=O) groups excluding carboxylic acids is 3. The molecule has 2 aliphatic rings. The molecule has 0 saturated carbocycles. The van der Waals surface area contributed by atoms with Crippen molar-refractivity contribution in [1.82, 2.24) is 20.5 Å². The van der Waals surface area contributed by atoms with E-state index in [1.54, 1.807) is 0 Å². The van der Waals surface area contributed by atoms with Crippen molar-refractivity contribution in [3.63, 3.8) is 0 Å². The number of urea groups is 1. The van der Waals surface area contributed by atoms with Crippen LogP contribution in [0.25, 0.3) is 11.3 Å². The van der Waals surface area contributed by atoms with Gasteiger partial charge >= 0.3 is 6.03 Å². The van der Waals surface area contributed by atoms with Gasteiger partial charge < -0.3 is 15.2 Å². The quantitative estimate of drug-likeness (QED) is 0.712. The number of aromatic nitrogens is 1. The normalized spacial score (nSPS) is 22.8. The molecule has 1 atom stereocenters. The van der Waals surface area contributed by atoms with E-state index < -0.39 is 11.6 Å². The molecule has 1 unspecified atom stereocenters. The Labute approximate surface area is 163 Å². The number of hydrogen-bond acceptors (Lipinski definition) is 3. The highest BCUT2D eigenvalue weighted by atomic mass is 16.2. The average molecular weight is 380 g/mol. The highest BCUT2D eigenvalue weighted by Gasteiger charge is 2.51. The number of aromatic amines is 1. The number of piperidine rings is 1. The Morgan fingerprint density at radius 2 is 1.82 bits per heavy atom. The van der Waals surface area contributed by atoms with Crippen molar-refractivity contribution in [2.45, 2.75) is 31.7 Å². The summed E-state index contributed by atoms with van der Waals surface area (Å²) < 4.78 is 0. The highest BCUT2D eigenvalue weighted by Crippen LogP contribution is 2.34. The Morgan fingerprint density at radius 1 is 1.11 bits per heavy atom. The van der Waals surface area contributed by atoms with Gasteiger partial charge in [0.25, 0.3) is 11.8 Å². The number of benzene rings is 1. The van der Waals surface area contributed by atoms with Gasteiger partial charge in [0.1, 0.15) is 11.2 Å². The van der Waals surface area contributed by atoms with Crippen LogP contribution in [0.15, 0.2) is 42.5 Å². The van der Waals surface area contributed by atoms with Gasteiger partial charge in [0, 0.05) is 18.8 Å². The molecule has 3 heterocycles. The summed E-state index contributed by atoms with van der Waals surface area (Å²) in [6, 6.07) is 13.2. The van der Waals surface area contributed by atoms with E-state index in [1.807, 2.05) is 54.3 Å². The van der Waals surface area contributed by atoms with Crippen LogP contribution in [0.3, 0.4) is 0 Å². The number of H-pyrrole nitrogens is 1. The molecule has 0 spiro atoms. The number of likely N-dealkylation sites (tertiary alicyclic amines) is 1. The maximum Gasteiger partial charge on any atom is 0.322 e. The maximum atomic E-state index is 12.9. The highest BCUT2D eigenvalue weighted by molar-refractivity contribution is 6.07. The van der Waals surface area contributed by atoms with E-state index in [1.165, 1.54) is 0 Å². The zero-order chi connectivity index (χ0) is 19.7. The Morgan fingerprint density at radius 3 is 2.43 bits per heavy atom. The number of nitrogens with one attached hydrogen (secondary N) is 3. The average Bonchev–Trinajstić information content (AvgIpc) is 3.33. The Kier molecular flexibility index (Phi) is 4.66. The van der Waals surface area contributed by atoms with Crippen LogP contribution >= 0.6 is 0 Å². The van der Waals surface area contributed by atoms with Crippen LogP contribution in [0.2, 0.25) is 0 Å². The first-order valence-corrected chi connectivity index (χ1v) is 9.71. The van der Waals surface area contributed by atoms with Crippen molar-refractivity contribution in [1.29, 1.82) is 0 Å². The van der Waals surface area contributed by atoms with Crippen LogP contribution in [0.1, 0.15) is 36.7 Å². The van der Waals surface area contributed by atoms with E-state index in [0.29, 0.717) is 38.0 Å². The van der Waals surface area contributed by atoms with Gasteiger partial charge in [-0.05, 0) is 42.9 Å². The molecule has 1 aromatic carbocycles. The minimum Gasteiger partial charge on any atom is -0.351 e. The van der Waals surface area contributed by atoms with Gasteiger partial charge in [-0.3, -0.25) is 14.9 Å². The molecule has 0 radical (unpaired) electrons. The molecular weight excluding hydrogens is 356 g/mol. The summed E-state index contributed by atoms with van der Waals surface area (Å²) in [5, 5.41) is 5.18. The van der Waals surface area contributed by atoms with E-state index in [2.05, 4.69) is 15.6 Å². The SMILES string of the molecule is CCC1(C2CCN(C(=O)c3ccc(-c4ccccc4)[nH]3)CC2)NC(=O)NC1=O. The Hall–Kier alpha value is -3.09. The number of imide groups is 1. The van der Waals surface area contributed by atoms with E-state index >= 15 is 0 Å². The van der Waals surface area contributed by atoms with Gasteiger partial charge in [0.05, 0.1) is 0 Å². The first-order chi connectivity index (χ1) is 13.5. The molecule has 7 nitrogen and oxygen atoms in total. The molecule has 3 N–H and O–H groups in total. The topological polar surface area (TPSA) is 94.3 Å². The largest absolute Gasteiger partial charge is 0.351 e. The second-order valence-corrected chi connectivity index (χ2v) is 7.45. The second kappa shape index (κ2) is 7.14.